The number of hydrogen-bond acceptors (Lipinski definition) is 3. The first-order chi connectivity index (χ1) is 8.00. The van der Waals surface area contributed by atoms with Crippen LogP contribution in [0.25, 0.3) is 0 Å². The van der Waals surface area contributed by atoms with E-state index in [1.165, 1.54) is 12.8 Å². The smallest absolute Gasteiger partial charge is 0.180 e. The molecule has 17 heavy (non-hydrogen) atoms. The molecule has 0 aliphatic heterocycles. The van der Waals surface area contributed by atoms with Crippen molar-refractivity contribution in [3.8, 4) is 5.75 Å². The molecule has 1 fully saturated rings. The molecule has 1 aliphatic rings. The van der Waals surface area contributed by atoms with Crippen LogP contribution in [0, 0.1) is 5.92 Å². The quantitative estimate of drug-likeness (QED) is 0.811. The van der Waals surface area contributed by atoms with Crippen LogP contribution in [0.5, 0.6) is 5.75 Å². The van der Waals surface area contributed by atoms with Gasteiger partial charge in [-0.15, -0.1) is 0 Å². The summed E-state index contributed by atoms with van der Waals surface area (Å²) in [4.78, 5) is 0.367. The minimum atomic E-state index is -3.17. The maximum atomic E-state index is 11.9. The van der Waals surface area contributed by atoms with E-state index in [4.69, 9.17) is 4.74 Å². The van der Waals surface area contributed by atoms with Gasteiger partial charge >= 0.3 is 0 Å². The number of rotatable bonds is 5. The lowest BCUT2D eigenvalue weighted by atomic mass is 10.3. The molecule has 2 rings (SSSR count). The first-order valence-electron chi connectivity index (χ1n) is 5.97. The van der Waals surface area contributed by atoms with E-state index >= 15 is 0 Å². The van der Waals surface area contributed by atoms with E-state index < -0.39 is 9.84 Å². The molecule has 0 radical (unpaired) electrons. The van der Waals surface area contributed by atoms with Crippen molar-refractivity contribution in [2.24, 2.45) is 5.92 Å². The summed E-state index contributed by atoms with van der Waals surface area (Å²) in [6, 6.07) is 6.71. The lowest BCUT2D eigenvalue weighted by Crippen LogP contribution is -2.13. The molecule has 0 heterocycles. The molecule has 4 heteroatoms. The van der Waals surface area contributed by atoms with Gasteiger partial charge in [-0.3, -0.25) is 0 Å². The number of hydrogen-bond donors (Lipinski definition) is 0. The number of benzene rings is 1. The molecule has 0 atom stereocenters. The Morgan fingerprint density at radius 3 is 2.29 bits per heavy atom. The molecule has 3 nitrogen and oxygen atoms in total. The second-order valence-corrected chi connectivity index (χ2v) is 7.32. The molecule has 1 aliphatic carbocycles. The van der Waals surface area contributed by atoms with Gasteiger partial charge in [0, 0.05) is 0 Å². The van der Waals surface area contributed by atoms with Gasteiger partial charge in [-0.1, -0.05) is 0 Å². The zero-order valence-corrected chi connectivity index (χ0v) is 11.0. The van der Waals surface area contributed by atoms with Crippen LogP contribution in [0.1, 0.15) is 26.7 Å². The van der Waals surface area contributed by atoms with Crippen molar-refractivity contribution in [1.29, 1.82) is 0 Å². The minimum absolute atomic E-state index is 0.367. The van der Waals surface area contributed by atoms with Crippen LogP contribution in [-0.4, -0.2) is 20.3 Å². The van der Waals surface area contributed by atoms with Gasteiger partial charge < -0.3 is 4.74 Å². The summed E-state index contributed by atoms with van der Waals surface area (Å²) in [6.07, 6.45) is 2.50. The Morgan fingerprint density at radius 2 is 1.82 bits per heavy atom. The molecular formula is C13H18O3S. The molecule has 0 amide bonds. The van der Waals surface area contributed by atoms with Crippen molar-refractivity contribution in [3.05, 3.63) is 24.3 Å². The van der Waals surface area contributed by atoms with Crippen molar-refractivity contribution in [2.75, 3.05) is 6.61 Å². The van der Waals surface area contributed by atoms with Crippen LogP contribution in [0.3, 0.4) is 0 Å². The van der Waals surface area contributed by atoms with E-state index in [2.05, 4.69) is 0 Å². The zero-order chi connectivity index (χ0) is 12.5. The monoisotopic (exact) mass is 254 g/mol. The third-order valence-corrected chi connectivity index (χ3v) is 5.13. The maximum Gasteiger partial charge on any atom is 0.180 e. The Balaban J connectivity index is 2.06. The Labute approximate surface area is 103 Å². The maximum absolute atomic E-state index is 11.9. The van der Waals surface area contributed by atoms with Gasteiger partial charge in [0.05, 0.1) is 16.8 Å². The Kier molecular flexibility index (Phi) is 3.43. The van der Waals surface area contributed by atoms with Crippen molar-refractivity contribution in [3.63, 3.8) is 0 Å². The largest absolute Gasteiger partial charge is 0.493 e. The molecule has 0 N–H and O–H groups in total. The van der Waals surface area contributed by atoms with Crippen molar-refractivity contribution >= 4 is 9.84 Å². The van der Waals surface area contributed by atoms with Crippen LogP contribution in [-0.2, 0) is 9.84 Å². The molecule has 94 valence electrons. The minimum Gasteiger partial charge on any atom is -0.493 e. The standard InChI is InChI=1S/C13H18O3S/c1-10(2)17(14,15)13-7-5-12(6-8-13)16-9-11-3-4-11/h5-8,10-11H,3-4,9H2,1-2H3. The lowest BCUT2D eigenvalue weighted by Gasteiger charge is -2.09. The summed E-state index contributed by atoms with van der Waals surface area (Å²) in [5, 5.41) is -0.388. The third-order valence-electron chi connectivity index (χ3n) is 2.96. The van der Waals surface area contributed by atoms with Crippen LogP contribution in [0.15, 0.2) is 29.2 Å². The summed E-state index contributed by atoms with van der Waals surface area (Å²) in [6.45, 7) is 4.12. The second kappa shape index (κ2) is 4.69. The Morgan fingerprint density at radius 1 is 1.24 bits per heavy atom. The van der Waals surface area contributed by atoms with Crippen molar-refractivity contribution in [2.45, 2.75) is 36.8 Å². The molecule has 1 aromatic carbocycles. The fourth-order valence-electron chi connectivity index (χ4n) is 1.50. The van der Waals surface area contributed by atoms with Gasteiger partial charge in [-0.05, 0) is 56.9 Å². The topological polar surface area (TPSA) is 43.4 Å². The van der Waals surface area contributed by atoms with E-state index in [9.17, 15) is 8.42 Å². The highest BCUT2D eigenvalue weighted by atomic mass is 32.2. The molecule has 0 aromatic heterocycles. The molecule has 0 unspecified atom stereocenters. The summed E-state index contributed by atoms with van der Waals surface area (Å²) < 4.78 is 29.3. The van der Waals surface area contributed by atoms with Gasteiger partial charge in [-0.25, -0.2) is 8.42 Å². The van der Waals surface area contributed by atoms with Gasteiger partial charge in [0.25, 0.3) is 0 Å². The molecular weight excluding hydrogens is 236 g/mol. The lowest BCUT2D eigenvalue weighted by molar-refractivity contribution is 0.299. The molecule has 0 spiro atoms. The van der Waals surface area contributed by atoms with Crippen LogP contribution in [0.4, 0.5) is 0 Å². The molecule has 1 aromatic rings. The van der Waals surface area contributed by atoms with Crippen LogP contribution >= 0.6 is 0 Å². The summed E-state index contributed by atoms with van der Waals surface area (Å²) in [5.74, 6) is 1.45. The summed E-state index contributed by atoms with van der Waals surface area (Å²) >= 11 is 0. The van der Waals surface area contributed by atoms with Crippen LogP contribution < -0.4 is 4.74 Å². The van der Waals surface area contributed by atoms with Crippen molar-refractivity contribution < 1.29 is 13.2 Å². The first kappa shape index (κ1) is 12.4. The van der Waals surface area contributed by atoms with Gasteiger partial charge in [0.15, 0.2) is 9.84 Å². The molecule has 0 bridgehead atoms. The Bertz CT molecular complexity index is 470. The highest BCUT2D eigenvalue weighted by molar-refractivity contribution is 7.92. The van der Waals surface area contributed by atoms with Crippen molar-refractivity contribution in [1.82, 2.24) is 0 Å². The van der Waals surface area contributed by atoms with E-state index in [1.807, 2.05) is 0 Å². The Hall–Kier alpha value is -1.03. The molecule has 0 saturated heterocycles. The SMILES string of the molecule is CC(C)S(=O)(=O)c1ccc(OCC2CC2)cc1. The predicted molar refractivity (Wildman–Crippen MR) is 67.0 cm³/mol. The van der Waals surface area contributed by atoms with E-state index in [-0.39, 0.29) is 5.25 Å². The third kappa shape index (κ3) is 3.00. The zero-order valence-electron chi connectivity index (χ0n) is 10.2. The normalized spacial score (nSPS) is 16.2. The summed E-state index contributed by atoms with van der Waals surface area (Å²) in [5.41, 5.74) is 0. The summed E-state index contributed by atoms with van der Waals surface area (Å²) in [7, 11) is -3.17. The number of sulfone groups is 1. The average Bonchev–Trinajstić information content (AvgIpc) is 3.10. The first-order valence-corrected chi connectivity index (χ1v) is 7.51. The van der Waals surface area contributed by atoms with E-state index in [0.29, 0.717) is 10.8 Å². The average molecular weight is 254 g/mol. The highest BCUT2D eigenvalue weighted by Crippen LogP contribution is 2.29. The van der Waals surface area contributed by atoms with Gasteiger partial charge in [0.2, 0.25) is 0 Å². The van der Waals surface area contributed by atoms with Gasteiger partial charge in [0.1, 0.15) is 5.75 Å². The fourth-order valence-corrected chi connectivity index (χ4v) is 2.56. The van der Waals surface area contributed by atoms with E-state index in [1.54, 1.807) is 38.1 Å². The van der Waals surface area contributed by atoms with Crippen LogP contribution in [0.2, 0.25) is 0 Å². The predicted octanol–water partition coefficient (Wildman–Crippen LogP) is 2.66. The second-order valence-electron chi connectivity index (χ2n) is 4.82. The fraction of sp³-hybridized carbons (Fsp3) is 0.538. The number of ether oxygens (including phenoxy) is 1. The molecule has 1 saturated carbocycles. The van der Waals surface area contributed by atoms with E-state index in [0.717, 1.165) is 12.4 Å². The van der Waals surface area contributed by atoms with Gasteiger partial charge in [-0.2, -0.15) is 0 Å². The highest BCUT2D eigenvalue weighted by Gasteiger charge is 2.22.